The van der Waals surface area contributed by atoms with E-state index in [4.69, 9.17) is 25.8 Å². The number of esters is 1. The molecule has 3 saturated heterocycles. The lowest BCUT2D eigenvalue weighted by Crippen LogP contribution is -2.57. The molecule has 5 rings (SSSR count). The minimum Gasteiger partial charge on any atom is -0.455 e. The van der Waals surface area contributed by atoms with Crippen LogP contribution in [0.5, 0.6) is 0 Å². The molecule has 262 valence electrons. The Morgan fingerprint density at radius 3 is 2.53 bits per heavy atom. The van der Waals surface area contributed by atoms with Crippen molar-refractivity contribution in [2.24, 2.45) is 11.8 Å². The standard InChI is InChI=1S/C36H41BrClN3O8/c1-4-6-12-27(43)39-26(21-47-3)30(22-10-8-7-9-11-22)48-35(46)28-29-33(44)41(18-19-42)32(36(29)20-25(37)31(28)49-36)34(45)40(17-5-2)24-15-13-23(38)14-16-24/h4-5,7-11,13-16,25-26,28-32,42H,1-2,6,12,17-21H2,3H3,(H,39,43)/t25?,26-,28-,29+,30-,31-,32-,36+/m1/s1. The van der Waals surface area contributed by atoms with Gasteiger partial charge in [-0.3, -0.25) is 19.2 Å². The highest BCUT2D eigenvalue weighted by atomic mass is 79.9. The third-order valence-electron chi connectivity index (χ3n) is 9.36. The fraction of sp³-hybridized carbons (Fsp3) is 0.444. The molecule has 3 amide bonds. The van der Waals surface area contributed by atoms with E-state index in [2.05, 4.69) is 34.4 Å². The van der Waals surface area contributed by atoms with Gasteiger partial charge in [-0.05, 0) is 42.7 Å². The predicted molar refractivity (Wildman–Crippen MR) is 187 cm³/mol. The smallest absolute Gasteiger partial charge is 0.313 e. The number of hydrogen-bond acceptors (Lipinski definition) is 8. The predicted octanol–water partition coefficient (Wildman–Crippen LogP) is 3.98. The largest absolute Gasteiger partial charge is 0.455 e. The number of nitrogens with zero attached hydrogens (tertiary/aromatic N) is 2. The van der Waals surface area contributed by atoms with Gasteiger partial charge < -0.3 is 34.4 Å². The Morgan fingerprint density at radius 1 is 1.18 bits per heavy atom. The van der Waals surface area contributed by atoms with E-state index in [1.165, 1.54) is 16.9 Å². The summed E-state index contributed by atoms with van der Waals surface area (Å²) in [5.74, 6) is -4.03. The lowest BCUT2D eigenvalue weighted by molar-refractivity contribution is -0.163. The van der Waals surface area contributed by atoms with E-state index >= 15 is 0 Å². The number of β-amino-alcohol motifs (C(OH)–C–C–N with tert-alkyl or cyclic N) is 1. The van der Waals surface area contributed by atoms with Crippen molar-refractivity contribution >= 4 is 56.9 Å². The van der Waals surface area contributed by atoms with Crippen LogP contribution in [0.1, 0.15) is 30.9 Å². The molecule has 2 aromatic rings. The number of anilines is 1. The molecule has 0 saturated carbocycles. The molecule has 2 N–H and O–H groups in total. The molecule has 3 aliphatic heterocycles. The number of rotatable bonds is 16. The fourth-order valence-corrected chi connectivity index (χ4v) is 8.44. The number of aliphatic hydroxyl groups is 1. The minimum atomic E-state index is -1.38. The maximum atomic E-state index is 14.6. The van der Waals surface area contributed by atoms with Crippen molar-refractivity contribution in [3.05, 3.63) is 90.5 Å². The monoisotopic (exact) mass is 757 g/mol. The van der Waals surface area contributed by atoms with E-state index in [0.717, 1.165) is 0 Å². The minimum absolute atomic E-state index is 0.0370. The van der Waals surface area contributed by atoms with Crippen LogP contribution in [-0.4, -0.2) is 95.7 Å². The number of methoxy groups -OCH3 is 1. The van der Waals surface area contributed by atoms with Crippen LogP contribution in [0.25, 0.3) is 0 Å². The Bertz CT molecular complexity index is 1540. The average Bonchev–Trinajstić information content (AvgIpc) is 3.69. The fourth-order valence-electron chi connectivity index (χ4n) is 7.37. The molecule has 2 aromatic carbocycles. The summed E-state index contributed by atoms with van der Waals surface area (Å²) < 4.78 is 18.3. The zero-order valence-electron chi connectivity index (χ0n) is 27.2. The molecule has 8 atom stereocenters. The lowest BCUT2D eigenvalue weighted by Gasteiger charge is -2.37. The number of benzene rings is 2. The summed E-state index contributed by atoms with van der Waals surface area (Å²) in [6, 6.07) is 13.8. The van der Waals surface area contributed by atoms with E-state index in [0.29, 0.717) is 22.7 Å². The third kappa shape index (κ3) is 7.20. The topological polar surface area (TPSA) is 135 Å². The Hall–Kier alpha value is -3.55. The summed E-state index contributed by atoms with van der Waals surface area (Å²) in [5.41, 5.74) is -0.230. The Morgan fingerprint density at radius 2 is 1.90 bits per heavy atom. The molecule has 2 bridgehead atoms. The van der Waals surface area contributed by atoms with Gasteiger partial charge in [0.15, 0.2) is 0 Å². The van der Waals surface area contributed by atoms with Gasteiger partial charge in [0.05, 0.1) is 37.2 Å². The van der Waals surface area contributed by atoms with Gasteiger partial charge in [-0.25, -0.2) is 0 Å². The quantitative estimate of drug-likeness (QED) is 0.149. The van der Waals surface area contributed by atoms with E-state index in [-0.39, 0.29) is 43.3 Å². The molecule has 49 heavy (non-hydrogen) atoms. The Labute approximate surface area is 299 Å². The van der Waals surface area contributed by atoms with Crippen molar-refractivity contribution < 1.29 is 38.5 Å². The van der Waals surface area contributed by atoms with Crippen LogP contribution in [0.4, 0.5) is 5.69 Å². The van der Waals surface area contributed by atoms with Gasteiger partial charge in [-0.15, -0.1) is 13.2 Å². The van der Waals surface area contributed by atoms with Crippen molar-refractivity contribution in [3.63, 3.8) is 0 Å². The Balaban J connectivity index is 1.50. The average molecular weight is 759 g/mol. The second-order valence-electron chi connectivity index (χ2n) is 12.4. The molecule has 13 heteroatoms. The number of carbonyl (C=O) groups excluding carboxylic acids is 4. The van der Waals surface area contributed by atoms with Crippen LogP contribution in [0, 0.1) is 11.8 Å². The van der Waals surface area contributed by atoms with Gasteiger partial charge in [0.2, 0.25) is 11.8 Å². The van der Waals surface area contributed by atoms with Gasteiger partial charge in [0.25, 0.3) is 5.91 Å². The number of aliphatic hydroxyl groups excluding tert-OH is 1. The summed E-state index contributed by atoms with van der Waals surface area (Å²) in [6.07, 6.45) is 2.39. The highest BCUT2D eigenvalue weighted by Crippen LogP contribution is 2.60. The van der Waals surface area contributed by atoms with Gasteiger partial charge >= 0.3 is 5.97 Å². The summed E-state index contributed by atoms with van der Waals surface area (Å²) >= 11 is 9.80. The summed E-state index contributed by atoms with van der Waals surface area (Å²) in [5, 5.41) is 13.5. The molecule has 1 spiro atoms. The van der Waals surface area contributed by atoms with Gasteiger partial charge in [0, 0.05) is 42.2 Å². The number of fused-ring (bicyclic) bond motifs is 1. The lowest BCUT2D eigenvalue weighted by atomic mass is 9.70. The number of hydrogen-bond donors (Lipinski definition) is 2. The van der Waals surface area contributed by atoms with Crippen LogP contribution in [0.2, 0.25) is 5.02 Å². The van der Waals surface area contributed by atoms with Crippen LogP contribution in [0.3, 0.4) is 0 Å². The number of alkyl halides is 1. The first kappa shape index (κ1) is 36.7. The van der Waals surface area contributed by atoms with Crippen molar-refractivity contribution in [3.8, 4) is 0 Å². The molecular weight excluding hydrogens is 718 g/mol. The van der Waals surface area contributed by atoms with Crippen molar-refractivity contribution in [1.29, 1.82) is 0 Å². The maximum Gasteiger partial charge on any atom is 0.313 e. The maximum absolute atomic E-state index is 14.6. The summed E-state index contributed by atoms with van der Waals surface area (Å²) in [7, 11) is 1.49. The van der Waals surface area contributed by atoms with E-state index in [1.54, 1.807) is 60.7 Å². The molecular formula is C36H41BrClN3O8. The van der Waals surface area contributed by atoms with Crippen molar-refractivity contribution in [1.82, 2.24) is 10.2 Å². The number of carbonyl (C=O) groups is 4. The molecule has 1 unspecified atom stereocenters. The number of amides is 3. The molecule has 3 heterocycles. The summed E-state index contributed by atoms with van der Waals surface area (Å²) in [4.78, 5) is 58.5. The summed E-state index contributed by atoms with van der Waals surface area (Å²) in [6.45, 7) is 7.11. The van der Waals surface area contributed by atoms with E-state index < -0.39 is 66.1 Å². The zero-order valence-corrected chi connectivity index (χ0v) is 29.6. The van der Waals surface area contributed by atoms with Crippen LogP contribution < -0.4 is 10.2 Å². The van der Waals surface area contributed by atoms with Crippen LogP contribution >= 0.6 is 27.5 Å². The van der Waals surface area contributed by atoms with Crippen LogP contribution in [0.15, 0.2) is 79.9 Å². The number of nitrogens with one attached hydrogen (secondary N) is 1. The van der Waals surface area contributed by atoms with E-state index in [9.17, 15) is 24.3 Å². The molecule has 11 nitrogen and oxygen atoms in total. The highest BCUT2D eigenvalue weighted by Gasteiger charge is 2.77. The Kier molecular flexibility index (Phi) is 12.0. The molecule has 0 radical (unpaired) electrons. The van der Waals surface area contributed by atoms with Crippen molar-refractivity contribution in [2.75, 3.05) is 38.3 Å². The first-order valence-electron chi connectivity index (χ1n) is 16.2. The van der Waals surface area contributed by atoms with E-state index in [1.807, 2.05) is 6.07 Å². The molecule has 3 fully saturated rings. The molecule has 3 aliphatic rings. The normalized spacial score (nSPS) is 26.5. The van der Waals surface area contributed by atoms with Crippen molar-refractivity contribution in [2.45, 2.75) is 54.0 Å². The number of ether oxygens (including phenoxy) is 3. The van der Waals surface area contributed by atoms with Gasteiger partial charge in [-0.1, -0.05) is 70.0 Å². The van der Waals surface area contributed by atoms with Gasteiger partial charge in [-0.2, -0.15) is 0 Å². The second-order valence-corrected chi connectivity index (χ2v) is 14.0. The second kappa shape index (κ2) is 16.0. The third-order valence-corrected chi connectivity index (χ3v) is 10.5. The zero-order chi connectivity index (χ0) is 35.3. The molecule has 0 aliphatic carbocycles. The van der Waals surface area contributed by atoms with Gasteiger partial charge in [0.1, 0.15) is 17.7 Å². The highest BCUT2D eigenvalue weighted by molar-refractivity contribution is 9.09. The first-order valence-corrected chi connectivity index (χ1v) is 17.5. The first-order chi connectivity index (χ1) is 23.6. The molecule has 0 aromatic heterocycles. The number of allylic oxidation sites excluding steroid dienone is 1. The SMILES string of the molecule is C=CCCC(=O)N[C@H](COC)[C@H](OC(=O)[C@H]1[C@@H]2O[C@@]3(CC2Br)[C@@H]1C(=O)N(CCO)[C@@H]3C(=O)N(CC=C)c1ccc(Cl)cc1)c1ccccc1. The number of halogens is 2. The van der Waals surface area contributed by atoms with Crippen LogP contribution in [-0.2, 0) is 33.4 Å². The number of likely N-dealkylation sites (tertiary alicyclic amines) is 1.